The smallest absolute Gasteiger partial charge is 0.326 e. The summed E-state index contributed by atoms with van der Waals surface area (Å²) < 4.78 is 0. The van der Waals surface area contributed by atoms with Crippen molar-refractivity contribution in [2.24, 2.45) is 0 Å². The lowest BCUT2D eigenvalue weighted by atomic mass is 10.1. The maximum absolute atomic E-state index is 11.7. The standard InChI is InChI=1S/C11H19N3O6/c1-3-12-8(15)6-14(2)11(20)13-7(10(18)19)4-5-9(16)17/h7H,3-6H2,1-2H3,(H,12,15)(H,13,20)(H,16,17)(H,18,19)/t7-/m0/s1. The van der Waals surface area contributed by atoms with E-state index in [2.05, 4.69) is 10.6 Å². The SMILES string of the molecule is CCNC(=O)CN(C)C(=O)N[C@@H](CCC(=O)O)C(=O)O. The number of carboxylic acids is 2. The Kier molecular flexibility index (Phi) is 7.71. The average molecular weight is 289 g/mol. The van der Waals surface area contributed by atoms with E-state index >= 15 is 0 Å². The van der Waals surface area contributed by atoms with Crippen LogP contribution in [0.15, 0.2) is 0 Å². The van der Waals surface area contributed by atoms with Crippen LogP contribution in [-0.2, 0) is 14.4 Å². The molecule has 0 rings (SSSR count). The molecule has 9 heteroatoms. The minimum absolute atomic E-state index is 0.217. The van der Waals surface area contributed by atoms with Crippen LogP contribution in [-0.4, -0.2) is 65.2 Å². The number of hydrogen-bond acceptors (Lipinski definition) is 4. The van der Waals surface area contributed by atoms with E-state index in [1.165, 1.54) is 7.05 Å². The Morgan fingerprint density at radius 1 is 1.20 bits per heavy atom. The number of nitrogens with one attached hydrogen (secondary N) is 2. The van der Waals surface area contributed by atoms with Crippen molar-refractivity contribution in [2.75, 3.05) is 20.1 Å². The van der Waals surface area contributed by atoms with Crippen molar-refractivity contribution in [2.45, 2.75) is 25.8 Å². The van der Waals surface area contributed by atoms with E-state index < -0.39 is 24.0 Å². The van der Waals surface area contributed by atoms with Gasteiger partial charge in [0, 0.05) is 20.0 Å². The van der Waals surface area contributed by atoms with Crippen LogP contribution in [0.2, 0.25) is 0 Å². The second kappa shape index (κ2) is 8.73. The Morgan fingerprint density at radius 3 is 2.25 bits per heavy atom. The van der Waals surface area contributed by atoms with Gasteiger partial charge >= 0.3 is 18.0 Å². The highest BCUT2D eigenvalue weighted by Crippen LogP contribution is 1.99. The molecule has 0 aliphatic rings. The molecule has 0 aliphatic carbocycles. The summed E-state index contributed by atoms with van der Waals surface area (Å²) in [7, 11) is 1.33. The number of likely N-dealkylation sites (N-methyl/N-ethyl adjacent to an activating group) is 2. The summed E-state index contributed by atoms with van der Waals surface area (Å²) in [6.45, 7) is 1.93. The summed E-state index contributed by atoms with van der Waals surface area (Å²) in [5.41, 5.74) is 0. The highest BCUT2D eigenvalue weighted by molar-refractivity contribution is 5.86. The highest BCUT2D eigenvalue weighted by atomic mass is 16.4. The van der Waals surface area contributed by atoms with Crippen LogP contribution >= 0.6 is 0 Å². The lowest BCUT2D eigenvalue weighted by molar-refractivity contribution is -0.140. The van der Waals surface area contributed by atoms with Gasteiger partial charge in [-0.05, 0) is 13.3 Å². The Balaban J connectivity index is 4.40. The van der Waals surface area contributed by atoms with Gasteiger partial charge in [0.25, 0.3) is 0 Å². The van der Waals surface area contributed by atoms with Crippen molar-refractivity contribution >= 4 is 23.9 Å². The summed E-state index contributed by atoms with van der Waals surface area (Å²) in [6.07, 6.45) is -0.608. The molecule has 0 aromatic carbocycles. The molecule has 0 saturated heterocycles. The maximum Gasteiger partial charge on any atom is 0.326 e. The fourth-order valence-electron chi connectivity index (χ4n) is 1.32. The third-order valence-corrected chi connectivity index (χ3v) is 2.34. The van der Waals surface area contributed by atoms with Crippen LogP contribution in [0.25, 0.3) is 0 Å². The van der Waals surface area contributed by atoms with Gasteiger partial charge in [-0.25, -0.2) is 9.59 Å². The van der Waals surface area contributed by atoms with Crippen LogP contribution in [0.4, 0.5) is 4.79 Å². The maximum atomic E-state index is 11.7. The number of rotatable bonds is 8. The largest absolute Gasteiger partial charge is 0.481 e. The number of hydrogen-bond donors (Lipinski definition) is 4. The first-order chi connectivity index (χ1) is 9.27. The molecule has 0 heterocycles. The van der Waals surface area contributed by atoms with Crippen molar-refractivity contribution in [1.82, 2.24) is 15.5 Å². The summed E-state index contributed by atoms with van der Waals surface area (Å²) in [4.78, 5) is 45.2. The van der Waals surface area contributed by atoms with Gasteiger partial charge in [-0.2, -0.15) is 0 Å². The Labute approximate surface area is 115 Å². The molecule has 3 amide bonds. The fraction of sp³-hybridized carbons (Fsp3) is 0.636. The minimum atomic E-state index is -1.33. The zero-order valence-corrected chi connectivity index (χ0v) is 11.4. The molecule has 114 valence electrons. The topological polar surface area (TPSA) is 136 Å². The molecule has 9 nitrogen and oxygen atoms in total. The first-order valence-electron chi connectivity index (χ1n) is 6.00. The second-order valence-corrected chi connectivity index (χ2v) is 4.08. The van der Waals surface area contributed by atoms with Crippen molar-refractivity contribution in [1.29, 1.82) is 0 Å². The number of amides is 3. The van der Waals surface area contributed by atoms with Gasteiger partial charge < -0.3 is 25.7 Å². The van der Waals surface area contributed by atoms with Crippen LogP contribution in [0, 0.1) is 0 Å². The molecule has 0 spiro atoms. The zero-order valence-electron chi connectivity index (χ0n) is 11.4. The lowest BCUT2D eigenvalue weighted by Crippen LogP contribution is -2.49. The van der Waals surface area contributed by atoms with Crippen LogP contribution in [0.1, 0.15) is 19.8 Å². The van der Waals surface area contributed by atoms with Gasteiger partial charge in [0.05, 0.1) is 0 Å². The van der Waals surface area contributed by atoms with Crippen molar-refractivity contribution < 1.29 is 29.4 Å². The van der Waals surface area contributed by atoms with Crippen molar-refractivity contribution in [3.8, 4) is 0 Å². The number of carboxylic acid groups (broad SMARTS) is 2. The normalized spacial score (nSPS) is 11.3. The lowest BCUT2D eigenvalue weighted by Gasteiger charge is -2.20. The Hall–Kier alpha value is -2.32. The molecule has 0 radical (unpaired) electrons. The summed E-state index contributed by atoms with van der Waals surface area (Å²) in [5.74, 6) is -2.85. The zero-order chi connectivity index (χ0) is 15.7. The molecule has 0 bridgehead atoms. The fourth-order valence-corrected chi connectivity index (χ4v) is 1.32. The van der Waals surface area contributed by atoms with Gasteiger partial charge in [0.2, 0.25) is 5.91 Å². The van der Waals surface area contributed by atoms with E-state index in [1.807, 2.05) is 0 Å². The molecule has 0 aliphatic heterocycles. The van der Waals surface area contributed by atoms with Gasteiger partial charge in [-0.1, -0.05) is 0 Å². The van der Waals surface area contributed by atoms with E-state index in [4.69, 9.17) is 10.2 Å². The number of carbonyl (C=O) groups excluding carboxylic acids is 2. The van der Waals surface area contributed by atoms with Crippen LogP contribution in [0.3, 0.4) is 0 Å². The predicted molar refractivity (Wildman–Crippen MR) is 68.1 cm³/mol. The molecule has 4 N–H and O–H groups in total. The molecule has 0 aromatic rings. The van der Waals surface area contributed by atoms with E-state index in [9.17, 15) is 19.2 Å². The number of nitrogens with zero attached hydrogens (tertiary/aromatic N) is 1. The minimum Gasteiger partial charge on any atom is -0.481 e. The first kappa shape index (κ1) is 17.7. The van der Waals surface area contributed by atoms with E-state index in [-0.39, 0.29) is 25.3 Å². The number of carbonyl (C=O) groups is 4. The van der Waals surface area contributed by atoms with E-state index in [0.29, 0.717) is 6.54 Å². The van der Waals surface area contributed by atoms with Gasteiger partial charge in [-0.15, -0.1) is 0 Å². The average Bonchev–Trinajstić information content (AvgIpc) is 2.33. The molecule has 1 atom stereocenters. The summed E-state index contributed by atoms with van der Waals surface area (Å²) >= 11 is 0. The molecular weight excluding hydrogens is 270 g/mol. The van der Waals surface area contributed by atoms with Gasteiger partial charge in [-0.3, -0.25) is 9.59 Å². The summed E-state index contributed by atoms with van der Waals surface area (Å²) in [5, 5.41) is 22.0. The quantitative estimate of drug-likeness (QED) is 0.456. The monoisotopic (exact) mass is 289 g/mol. The second-order valence-electron chi connectivity index (χ2n) is 4.08. The molecular formula is C11H19N3O6. The molecule has 0 unspecified atom stereocenters. The predicted octanol–water partition coefficient (Wildman–Crippen LogP) is -0.918. The summed E-state index contributed by atoms with van der Waals surface area (Å²) in [6, 6.07) is -2.07. The van der Waals surface area contributed by atoms with Crippen LogP contribution < -0.4 is 10.6 Å². The first-order valence-corrected chi connectivity index (χ1v) is 6.00. The van der Waals surface area contributed by atoms with E-state index in [1.54, 1.807) is 6.92 Å². The number of urea groups is 1. The van der Waals surface area contributed by atoms with Gasteiger partial charge in [0.1, 0.15) is 12.6 Å². The Morgan fingerprint density at radius 2 is 1.80 bits per heavy atom. The third kappa shape index (κ3) is 7.19. The number of aliphatic carboxylic acids is 2. The molecule has 20 heavy (non-hydrogen) atoms. The molecule has 0 saturated carbocycles. The van der Waals surface area contributed by atoms with Crippen LogP contribution in [0.5, 0.6) is 0 Å². The molecule has 0 fully saturated rings. The third-order valence-electron chi connectivity index (χ3n) is 2.34. The van der Waals surface area contributed by atoms with E-state index in [0.717, 1.165) is 4.90 Å². The van der Waals surface area contributed by atoms with Crippen molar-refractivity contribution in [3.63, 3.8) is 0 Å². The highest BCUT2D eigenvalue weighted by Gasteiger charge is 2.23. The van der Waals surface area contributed by atoms with Gasteiger partial charge in [0.15, 0.2) is 0 Å². The molecule has 0 aromatic heterocycles. The van der Waals surface area contributed by atoms with Crippen molar-refractivity contribution in [3.05, 3.63) is 0 Å². The Bertz CT molecular complexity index is 384.